The highest BCUT2D eigenvalue weighted by molar-refractivity contribution is 5.95. The average Bonchev–Trinajstić information content (AvgIpc) is 2.87. The number of hydrogen-bond acceptors (Lipinski definition) is 2. The number of nitrogens with zero attached hydrogens (tertiary/aromatic N) is 1. The Morgan fingerprint density at radius 3 is 2.17 bits per heavy atom. The van der Waals surface area contributed by atoms with Gasteiger partial charge >= 0.3 is 6.18 Å². The number of hydrogen-bond donors (Lipinski definition) is 1. The maximum atomic E-state index is 13.1. The van der Waals surface area contributed by atoms with Gasteiger partial charge in [0.25, 0.3) is 0 Å². The van der Waals surface area contributed by atoms with Crippen molar-refractivity contribution >= 4 is 11.5 Å². The molecule has 1 heterocycles. The molecule has 1 saturated heterocycles. The van der Waals surface area contributed by atoms with E-state index < -0.39 is 17.3 Å². The molecule has 3 nitrogen and oxygen atoms in total. The van der Waals surface area contributed by atoms with Crippen LogP contribution in [0.15, 0.2) is 91.0 Å². The zero-order valence-electron chi connectivity index (χ0n) is 19.3. The summed E-state index contributed by atoms with van der Waals surface area (Å²) in [4.78, 5) is 14.9. The van der Waals surface area contributed by atoms with Crippen LogP contribution in [-0.4, -0.2) is 29.0 Å². The molecule has 0 aliphatic carbocycles. The first kappa shape index (κ1) is 24.7. The molecule has 0 aromatic heterocycles. The van der Waals surface area contributed by atoms with Crippen LogP contribution in [0.4, 0.5) is 13.2 Å². The smallest absolute Gasteiger partial charge is 0.385 e. The Morgan fingerprint density at radius 1 is 0.914 bits per heavy atom. The Balaban J connectivity index is 1.48. The van der Waals surface area contributed by atoms with Gasteiger partial charge in [0.2, 0.25) is 5.91 Å². The van der Waals surface area contributed by atoms with E-state index in [2.05, 4.69) is 0 Å². The Morgan fingerprint density at radius 2 is 1.54 bits per heavy atom. The first-order chi connectivity index (χ1) is 16.7. The minimum absolute atomic E-state index is 0.150. The molecule has 1 fully saturated rings. The highest BCUT2D eigenvalue weighted by atomic mass is 19.4. The van der Waals surface area contributed by atoms with Gasteiger partial charge in [-0.25, -0.2) is 0 Å². The molecule has 0 spiro atoms. The third-order valence-corrected chi connectivity index (χ3v) is 6.59. The lowest BCUT2D eigenvalue weighted by Gasteiger charge is -2.38. The molecule has 1 amide bonds. The van der Waals surface area contributed by atoms with E-state index in [1.54, 1.807) is 17.0 Å². The fourth-order valence-electron chi connectivity index (χ4n) is 4.51. The average molecular weight is 480 g/mol. The quantitative estimate of drug-likeness (QED) is 0.426. The van der Waals surface area contributed by atoms with Crippen molar-refractivity contribution < 1.29 is 23.1 Å². The van der Waals surface area contributed by atoms with Crippen LogP contribution in [0.2, 0.25) is 0 Å². The number of alkyl halides is 3. The molecule has 0 bridgehead atoms. The monoisotopic (exact) mass is 479 g/mol. The summed E-state index contributed by atoms with van der Waals surface area (Å²) < 4.78 is 39.3. The van der Waals surface area contributed by atoms with Gasteiger partial charge < -0.3 is 10.0 Å². The predicted molar refractivity (Wildman–Crippen MR) is 130 cm³/mol. The van der Waals surface area contributed by atoms with E-state index in [0.717, 1.165) is 22.8 Å². The first-order valence-corrected chi connectivity index (χ1v) is 11.7. The van der Waals surface area contributed by atoms with Gasteiger partial charge in [-0.1, -0.05) is 78.9 Å². The van der Waals surface area contributed by atoms with E-state index in [9.17, 15) is 23.1 Å². The Kier molecular flexibility index (Phi) is 7.41. The number of rotatable bonds is 6. The van der Waals surface area contributed by atoms with E-state index in [-0.39, 0.29) is 5.91 Å². The number of likely N-dealkylation sites (tertiary alicyclic amines) is 1. The maximum Gasteiger partial charge on any atom is 0.416 e. The lowest BCUT2D eigenvalue weighted by molar-refractivity contribution is -0.137. The molecule has 1 aliphatic heterocycles. The van der Waals surface area contributed by atoms with Crippen molar-refractivity contribution in [1.82, 2.24) is 4.90 Å². The fourth-order valence-corrected chi connectivity index (χ4v) is 4.51. The second-order valence-corrected chi connectivity index (χ2v) is 8.96. The standard InChI is InChI=1S/C29H28F3NO2/c30-29(31,32)26-13-7-8-22(20-26)14-15-24(23-9-3-1-4-10-23)21-27(34)33-18-16-28(35,17-19-33)25-11-5-2-6-12-25/h1-13,20-21,35H,14-19H2/b24-21-. The van der Waals surface area contributed by atoms with Gasteiger partial charge in [0.05, 0.1) is 11.2 Å². The van der Waals surface area contributed by atoms with Crippen LogP contribution < -0.4 is 0 Å². The Labute approximate surface area is 203 Å². The number of carbonyl (C=O) groups is 1. The van der Waals surface area contributed by atoms with Crippen molar-refractivity contribution in [1.29, 1.82) is 0 Å². The van der Waals surface area contributed by atoms with Crippen LogP contribution >= 0.6 is 0 Å². The number of aliphatic hydroxyl groups is 1. The number of carbonyl (C=O) groups excluding carboxylic acids is 1. The van der Waals surface area contributed by atoms with Gasteiger partial charge in [-0.15, -0.1) is 0 Å². The van der Waals surface area contributed by atoms with E-state index in [4.69, 9.17) is 0 Å². The molecule has 0 unspecified atom stereocenters. The molecule has 1 N–H and O–H groups in total. The summed E-state index contributed by atoms with van der Waals surface area (Å²) in [5, 5.41) is 11.1. The van der Waals surface area contributed by atoms with Crippen molar-refractivity contribution in [3.05, 3.63) is 113 Å². The van der Waals surface area contributed by atoms with E-state index in [0.29, 0.717) is 44.3 Å². The number of aryl methyl sites for hydroxylation is 1. The van der Waals surface area contributed by atoms with Crippen molar-refractivity contribution in [3.8, 4) is 0 Å². The SMILES string of the molecule is O=C(/C=C(/CCc1cccc(C(F)(F)F)c1)c1ccccc1)N1CCC(O)(c2ccccc2)CC1. The van der Waals surface area contributed by atoms with Gasteiger partial charge in [0, 0.05) is 19.2 Å². The van der Waals surface area contributed by atoms with E-state index in [1.807, 2.05) is 60.7 Å². The number of halogens is 3. The number of amides is 1. The van der Waals surface area contributed by atoms with Crippen LogP contribution in [-0.2, 0) is 23.0 Å². The van der Waals surface area contributed by atoms with Gasteiger partial charge in [0.1, 0.15) is 0 Å². The summed E-state index contributed by atoms with van der Waals surface area (Å²) in [5.41, 5.74) is 1.44. The summed E-state index contributed by atoms with van der Waals surface area (Å²) in [7, 11) is 0. The third kappa shape index (κ3) is 6.20. The summed E-state index contributed by atoms with van der Waals surface area (Å²) in [6.07, 6.45) is -1.09. The molecule has 3 aromatic carbocycles. The zero-order valence-corrected chi connectivity index (χ0v) is 19.3. The summed E-state index contributed by atoms with van der Waals surface area (Å²) in [6.45, 7) is 0.854. The number of allylic oxidation sites excluding steroid dienone is 1. The topological polar surface area (TPSA) is 40.5 Å². The lowest BCUT2D eigenvalue weighted by atomic mass is 9.84. The Hall–Kier alpha value is -3.38. The molecule has 0 saturated carbocycles. The normalized spacial score (nSPS) is 16.2. The molecule has 0 radical (unpaired) electrons. The van der Waals surface area contributed by atoms with Crippen LogP contribution in [0.25, 0.3) is 5.57 Å². The summed E-state index contributed by atoms with van der Waals surface area (Å²) in [5.74, 6) is -0.150. The van der Waals surface area contributed by atoms with Crippen molar-refractivity contribution in [3.63, 3.8) is 0 Å². The Bertz CT molecular complexity index is 1170. The predicted octanol–water partition coefficient (Wildman–Crippen LogP) is 6.23. The molecule has 35 heavy (non-hydrogen) atoms. The molecule has 182 valence electrons. The zero-order chi connectivity index (χ0) is 24.9. The molecule has 6 heteroatoms. The van der Waals surface area contributed by atoms with Crippen LogP contribution in [0.1, 0.15) is 41.5 Å². The maximum absolute atomic E-state index is 13.1. The second kappa shape index (κ2) is 10.5. The number of benzene rings is 3. The first-order valence-electron chi connectivity index (χ1n) is 11.7. The van der Waals surface area contributed by atoms with Gasteiger partial charge in [-0.2, -0.15) is 13.2 Å². The largest absolute Gasteiger partial charge is 0.416 e. The number of piperidine rings is 1. The van der Waals surface area contributed by atoms with E-state index in [1.165, 1.54) is 12.1 Å². The molecular weight excluding hydrogens is 451 g/mol. The van der Waals surface area contributed by atoms with Gasteiger partial charge in [0.15, 0.2) is 0 Å². The van der Waals surface area contributed by atoms with E-state index >= 15 is 0 Å². The lowest BCUT2D eigenvalue weighted by Crippen LogP contribution is -2.44. The summed E-state index contributed by atoms with van der Waals surface area (Å²) >= 11 is 0. The molecule has 4 rings (SSSR count). The molecule has 3 aromatic rings. The van der Waals surface area contributed by atoms with Crippen LogP contribution in [0.5, 0.6) is 0 Å². The van der Waals surface area contributed by atoms with Gasteiger partial charge in [-0.3, -0.25) is 4.79 Å². The highest BCUT2D eigenvalue weighted by Crippen LogP contribution is 2.33. The minimum Gasteiger partial charge on any atom is -0.385 e. The highest BCUT2D eigenvalue weighted by Gasteiger charge is 2.35. The van der Waals surface area contributed by atoms with Crippen LogP contribution in [0.3, 0.4) is 0 Å². The molecule has 1 aliphatic rings. The van der Waals surface area contributed by atoms with Crippen LogP contribution in [0, 0.1) is 0 Å². The third-order valence-electron chi connectivity index (χ3n) is 6.59. The molecule has 0 atom stereocenters. The minimum atomic E-state index is -4.39. The van der Waals surface area contributed by atoms with Crippen molar-refractivity contribution in [2.45, 2.75) is 37.5 Å². The van der Waals surface area contributed by atoms with Crippen molar-refractivity contribution in [2.75, 3.05) is 13.1 Å². The fraction of sp³-hybridized carbons (Fsp3) is 0.276. The van der Waals surface area contributed by atoms with Gasteiger partial charge in [-0.05, 0) is 54.0 Å². The second-order valence-electron chi connectivity index (χ2n) is 8.96. The summed E-state index contributed by atoms with van der Waals surface area (Å²) in [6, 6.07) is 24.2. The van der Waals surface area contributed by atoms with Crippen molar-refractivity contribution in [2.24, 2.45) is 0 Å². The molecular formula is C29H28F3NO2.